The molecule has 0 aliphatic rings. The van der Waals surface area contributed by atoms with Crippen LogP contribution >= 0.6 is 11.6 Å². The second-order valence-corrected chi connectivity index (χ2v) is 6.28. The quantitative estimate of drug-likeness (QED) is 0.581. The molecule has 0 aliphatic carbocycles. The van der Waals surface area contributed by atoms with Crippen molar-refractivity contribution in [3.63, 3.8) is 0 Å². The average Bonchev–Trinajstić information content (AvgIpc) is 2.65. The third-order valence-electron chi connectivity index (χ3n) is 3.86. The number of benzene rings is 2. The minimum absolute atomic E-state index is 0.578. The molecular weight excluding hydrogens is 332 g/mol. The van der Waals surface area contributed by atoms with Gasteiger partial charge in [0.25, 0.3) is 0 Å². The molecule has 2 aromatic carbocycles. The van der Waals surface area contributed by atoms with Crippen molar-refractivity contribution in [1.29, 1.82) is 0 Å². The molecule has 0 saturated heterocycles. The van der Waals surface area contributed by atoms with Crippen molar-refractivity contribution in [2.75, 3.05) is 13.2 Å². The van der Waals surface area contributed by atoms with Gasteiger partial charge in [-0.05, 0) is 17.2 Å². The fraction of sp³-hybridized carbons (Fsp3) is 0.190. The average molecular weight is 353 g/mol. The fourth-order valence-electron chi connectivity index (χ4n) is 2.62. The summed E-state index contributed by atoms with van der Waals surface area (Å²) < 4.78 is 5.76. The largest absolute Gasteiger partial charge is 0.476 e. The Labute approximate surface area is 153 Å². The van der Waals surface area contributed by atoms with Crippen LogP contribution in [-0.2, 0) is 13.1 Å². The van der Waals surface area contributed by atoms with Gasteiger partial charge in [-0.3, -0.25) is 4.90 Å². The van der Waals surface area contributed by atoms with Crippen LogP contribution in [-0.4, -0.2) is 23.0 Å². The Bertz CT molecular complexity index is 706. The van der Waals surface area contributed by atoms with E-state index in [9.17, 15) is 0 Å². The van der Waals surface area contributed by atoms with Crippen molar-refractivity contribution in [1.82, 2.24) is 9.88 Å². The number of rotatable bonds is 8. The molecule has 0 unspecified atom stereocenters. The molecule has 0 spiro atoms. The highest BCUT2D eigenvalue weighted by Gasteiger charge is 2.08. The van der Waals surface area contributed by atoms with E-state index >= 15 is 0 Å². The monoisotopic (exact) mass is 352 g/mol. The Kier molecular flexibility index (Phi) is 6.43. The number of aromatic nitrogens is 1. The summed E-state index contributed by atoms with van der Waals surface area (Å²) in [6.45, 7) is 3.16. The molecule has 3 rings (SSSR count). The van der Waals surface area contributed by atoms with Gasteiger partial charge in [0.1, 0.15) is 6.61 Å². The van der Waals surface area contributed by atoms with Crippen molar-refractivity contribution in [3.05, 3.63) is 95.1 Å². The molecule has 1 heterocycles. The highest BCUT2D eigenvalue weighted by Crippen LogP contribution is 2.13. The molecule has 0 aliphatic heterocycles. The first-order chi connectivity index (χ1) is 12.3. The van der Waals surface area contributed by atoms with Gasteiger partial charge in [-0.2, -0.15) is 0 Å². The maximum atomic E-state index is 5.85. The molecule has 25 heavy (non-hydrogen) atoms. The molecule has 0 bridgehead atoms. The molecule has 0 amide bonds. The Morgan fingerprint density at radius 2 is 1.40 bits per heavy atom. The molecule has 0 radical (unpaired) electrons. The van der Waals surface area contributed by atoms with Gasteiger partial charge in [0, 0.05) is 31.9 Å². The summed E-state index contributed by atoms with van der Waals surface area (Å²) in [4.78, 5) is 6.55. The van der Waals surface area contributed by atoms with Gasteiger partial charge in [-0.15, -0.1) is 0 Å². The van der Waals surface area contributed by atoms with Crippen molar-refractivity contribution in [2.45, 2.75) is 13.1 Å². The second kappa shape index (κ2) is 9.21. The number of halogens is 1. The minimum atomic E-state index is 0.578. The van der Waals surface area contributed by atoms with Crippen LogP contribution < -0.4 is 4.74 Å². The molecule has 0 atom stereocenters. The van der Waals surface area contributed by atoms with Crippen LogP contribution in [0.15, 0.2) is 79.0 Å². The molecule has 0 fully saturated rings. The first kappa shape index (κ1) is 17.5. The zero-order valence-electron chi connectivity index (χ0n) is 14.0. The van der Waals surface area contributed by atoms with Crippen molar-refractivity contribution in [2.24, 2.45) is 0 Å². The summed E-state index contributed by atoms with van der Waals surface area (Å²) in [5.41, 5.74) is 2.59. The van der Waals surface area contributed by atoms with E-state index in [0.29, 0.717) is 17.5 Å². The topological polar surface area (TPSA) is 25.4 Å². The van der Waals surface area contributed by atoms with E-state index < -0.39 is 0 Å². The molecule has 0 N–H and O–H groups in total. The van der Waals surface area contributed by atoms with E-state index in [1.165, 1.54) is 11.1 Å². The smallest absolute Gasteiger partial charge is 0.213 e. The van der Waals surface area contributed by atoms with E-state index in [-0.39, 0.29) is 0 Å². The highest BCUT2D eigenvalue weighted by atomic mass is 35.5. The fourth-order valence-corrected chi connectivity index (χ4v) is 2.74. The first-order valence-electron chi connectivity index (χ1n) is 8.34. The Hall–Kier alpha value is -2.36. The second-order valence-electron chi connectivity index (χ2n) is 5.84. The molecule has 128 valence electrons. The molecule has 3 nitrogen and oxygen atoms in total. The number of nitrogens with zero attached hydrogens (tertiary/aromatic N) is 2. The Morgan fingerprint density at radius 3 is 1.92 bits per heavy atom. The van der Waals surface area contributed by atoms with E-state index in [4.69, 9.17) is 16.3 Å². The highest BCUT2D eigenvalue weighted by molar-refractivity contribution is 6.30. The van der Waals surface area contributed by atoms with Crippen molar-refractivity contribution < 1.29 is 4.74 Å². The number of ether oxygens (including phenoxy) is 1. The summed E-state index contributed by atoms with van der Waals surface area (Å²) in [5.74, 6) is 0.601. The SMILES string of the molecule is Clc1ccc(OCCN(Cc2ccccc2)Cc2ccccc2)nc1. The maximum Gasteiger partial charge on any atom is 0.213 e. The lowest BCUT2D eigenvalue weighted by molar-refractivity contribution is 0.193. The van der Waals surface area contributed by atoms with Crippen LogP contribution in [0.5, 0.6) is 5.88 Å². The van der Waals surface area contributed by atoms with E-state index in [1.807, 2.05) is 12.1 Å². The van der Waals surface area contributed by atoms with Crippen LogP contribution in [0.3, 0.4) is 0 Å². The van der Waals surface area contributed by atoms with Gasteiger partial charge in [0.15, 0.2) is 0 Å². The number of pyridine rings is 1. The third kappa shape index (κ3) is 5.89. The van der Waals surface area contributed by atoms with Gasteiger partial charge in [-0.1, -0.05) is 72.3 Å². The van der Waals surface area contributed by atoms with Gasteiger partial charge in [-0.25, -0.2) is 4.98 Å². The molecule has 3 aromatic rings. The Morgan fingerprint density at radius 1 is 0.800 bits per heavy atom. The van der Waals surface area contributed by atoms with Crippen LogP contribution in [0.4, 0.5) is 0 Å². The minimum Gasteiger partial charge on any atom is -0.476 e. The zero-order chi connectivity index (χ0) is 17.3. The van der Waals surface area contributed by atoms with Crippen LogP contribution in [0.1, 0.15) is 11.1 Å². The van der Waals surface area contributed by atoms with Crippen molar-refractivity contribution in [3.8, 4) is 5.88 Å². The maximum absolute atomic E-state index is 5.85. The summed E-state index contributed by atoms with van der Waals surface area (Å²) in [7, 11) is 0. The molecule has 1 aromatic heterocycles. The van der Waals surface area contributed by atoms with Crippen molar-refractivity contribution >= 4 is 11.6 Å². The standard InChI is InChI=1S/C21H21ClN2O/c22-20-11-12-21(23-15-20)25-14-13-24(16-18-7-3-1-4-8-18)17-19-9-5-2-6-10-19/h1-12,15H,13-14,16-17H2. The Balaban J connectivity index is 1.60. The molecule has 0 saturated carbocycles. The number of hydrogen-bond acceptors (Lipinski definition) is 3. The lowest BCUT2D eigenvalue weighted by Gasteiger charge is -2.22. The van der Waals surface area contributed by atoms with E-state index in [1.54, 1.807) is 18.3 Å². The van der Waals surface area contributed by atoms with Gasteiger partial charge in [0.05, 0.1) is 5.02 Å². The van der Waals surface area contributed by atoms with Crippen LogP contribution in [0, 0.1) is 0 Å². The van der Waals surface area contributed by atoms with Gasteiger partial charge < -0.3 is 4.74 Å². The summed E-state index contributed by atoms with van der Waals surface area (Å²) in [6, 6.07) is 24.6. The van der Waals surface area contributed by atoms with Gasteiger partial charge in [0.2, 0.25) is 5.88 Å². The summed E-state index contributed by atoms with van der Waals surface area (Å²) >= 11 is 5.85. The summed E-state index contributed by atoms with van der Waals surface area (Å²) in [6.07, 6.45) is 1.60. The third-order valence-corrected chi connectivity index (χ3v) is 4.08. The van der Waals surface area contributed by atoms with E-state index in [2.05, 4.69) is 58.4 Å². The lowest BCUT2D eigenvalue weighted by Crippen LogP contribution is -2.27. The molecule has 4 heteroatoms. The first-order valence-corrected chi connectivity index (χ1v) is 8.72. The lowest BCUT2D eigenvalue weighted by atomic mass is 10.1. The predicted molar refractivity (Wildman–Crippen MR) is 102 cm³/mol. The zero-order valence-corrected chi connectivity index (χ0v) is 14.8. The van der Waals surface area contributed by atoms with Crippen LogP contribution in [0.25, 0.3) is 0 Å². The molecular formula is C21H21ClN2O. The normalized spacial score (nSPS) is 10.8. The summed E-state index contributed by atoms with van der Waals surface area (Å²) in [5, 5.41) is 0.613. The van der Waals surface area contributed by atoms with Crippen LogP contribution in [0.2, 0.25) is 5.02 Å². The van der Waals surface area contributed by atoms with Gasteiger partial charge >= 0.3 is 0 Å². The predicted octanol–water partition coefficient (Wildman–Crippen LogP) is 4.82. The number of hydrogen-bond donors (Lipinski definition) is 0. The van der Waals surface area contributed by atoms with E-state index in [0.717, 1.165) is 19.6 Å².